The predicted molar refractivity (Wildman–Crippen MR) is 111 cm³/mol. The minimum atomic E-state index is -3.67. The molecular weight excluding hydrogens is 380 g/mol. The second-order valence-electron chi connectivity index (χ2n) is 6.38. The Morgan fingerprint density at radius 2 is 1.70 bits per heavy atom. The Labute approximate surface area is 166 Å². The molecule has 0 radical (unpaired) electrons. The van der Waals surface area contributed by atoms with Crippen LogP contribution >= 0.6 is 11.8 Å². The van der Waals surface area contributed by atoms with Crippen LogP contribution in [0, 0.1) is 6.92 Å². The van der Waals surface area contributed by atoms with Gasteiger partial charge in [0.25, 0.3) is 0 Å². The summed E-state index contributed by atoms with van der Waals surface area (Å²) in [4.78, 5) is 13.2. The third kappa shape index (κ3) is 6.37. The monoisotopic (exact) mass is 406 g/mol. The van der Waals surface area contributed by atoms with Crippen LogP contribution < -0.4 is 5.32 Å². The van der Waals surface area contributed by atoms with E-state index in [9.17, 15) is 13.2 Å². The van der Waals surface area contributed by atoms with Crippen molar-refractivity contribution in [3.63, 3.8) is 0 Å². The topological polar surface area (TPSA) is 66.5 Å². The Balaban J connectivity index is 1.80. The van der Waals surface area contributed by atoms with E-state index in [1.165, 1.54) is 18.2 Å². The lowest BCUT2D eigenvalue weighted by atomic mass is 10.1. The minimum absolute atomic E-state index is 0.190. The molecule has 0 saturated carbocycles. The van der Waals surface area contributed by atoms with E-state index < -0.39 is 10.0 Å². The summed E-state index contributed by atoms with van der Waals surface area (Å²) in [6, 6.07) is 15.0. The van der Waals surface area contributed by atoms with E-state index in [0.29, 0.717) is 6.54 Å². The lowest BCUT2D eigenvalue weighted by Crippen LogP contribution is -2.38. The number of rotatable bonds is 9. The molecule has 1 N–H and O–H groups in total. The van der Waals surface area contributed by atoms with Crippen LogP contribution in [0.4, 0.5) is 0 Å². The van der Waals surface area contributed by atoms with Gasteiger partial charge in [0.05, 0.1) is 11.4 Å². The lowest BCUT2D eigenvalue weighted by Gasteiger charge is -2.17. The van der Waals surface area contributed by atoms with Crippen molar-refractivity contribution in [3.8, 4) is 0 Å². The smallest absolute Gasteiger partial charge is 0.243 e. The van der Waals surface area contributed by atoms with Crippen LogP contribution in [0.25, 0.3) is 0 Å². The number of hydrogen-bond donors (Lipinski definition) is 1. The molecule has 0 saturated heterocycles. The first-order chi connectivity index (χ1) is 12.8. The van der Waals surface area contributed by atoms with Crippen molar-refractivity contribution >= 4 is 27.7 Å². The summed E-state index contributed by atoms with van der Waals surface area (Å²) in [5.74, 6) is -0.300. The number of likely N-dealkylation sites (N-methyl/N-ethyl adjacent to an activating group) is 1. The Morgan fingerprint density at radius 1 is 1.07 bits per heavy atom. The van der Waals surface area contributed by atoms with Crippen molar-refractivity contribution < 1.29 is 13.2 Å². The molecule has 2 rings (SSSR count). The normalized spacial score (nSPS) is 11.6. The molecule has 0 bridgehead atoms. The van der Waals surface area contributed by atoms with Crippen LogP contribution in [0.2, 0.25) is 0 Å². The summed E-state index contributed by atoms with van der Waals surface area (Å²) in [5, 5.41) is 2.79. The second kappa shape index (κ2) is 9.92. The quantitative estimate of drug-likeness (QED) is 0.513. The van der Waals surface area contributed by atoms with Crippen LogP contribution in [-0.4, -0.2) is 45.0 Å². The van der Waals surface area contributed by atoms with Gasteiger partial charge in [-0.05, 0) is 55.9 Å². The molecule has 7 heteroatoms. The fourth-order valence-electron chi connectivity index (χ4n) is 2.55. The Hall–Kier alpha value is -1.83. The number of thioether (sulfide) groups is 1. The van der Waals surface area contributed by atoms with Gasteiger partial charge in [-0.15, -0.1) is 11.8 Å². The summed E-state index contributed by atoms with van der Waals surface area (Å²) in [7, 11) is -2.25. The Kier molecular flexibility index (Phi) is 7.89. The maximum Gasteiger partial charge on any atom is 0.243 e. The average Bonchev–Trinajstić information content (AvgIpc) is 2.66. The first-order valence-corrected chi connectivity index (χ1v) is 11.4. The van der Waals surface area contributed by atoms with E-state index in [1.807, 2.05) is 13.2 Å². The van der Waals surface area contributed by atoms with Crippen LogP contribution in [-0.2, 0) is 21.2 Å². The number of sulfonamides is 1. The van der Waals surface area contributed by atoms with Crippen LogP contribution in [0.15, 0.2) is 58.3 Å². The first kappa shape index (κ1) is 21.5. The third-order valence-electron chi connectivity index (χ3n) is 4.22. The maximum absolute atomic E-state index is 12.5. The average molecular weight is 407 g/mol. The standard InChI is InChI=1S/C20H26N2O3S2/c1-16-6-8-17(9-7-16)5-4-14-21-20(23)15-22(2)27(24,25)19-12-10-18(26-3)11-13-19/h6-13H,4-5,14-15H2,1-3H3,(H,21,23). The highest BCUT2D eigenvalue weighted by molar-refractivity contribution is 7.98. The van der Waals surface area contributed by atoms with Crippen molar-refractivity contribution in [2.24, 2.45) is 0 Å². The molecule has 2 aromatic rings. The van der Waals surface area contributed by atoms with Gasteiger partial charge in [-0.25, -0.2) is 8.42 Å². The van der Waals surface area contributed by atoms with Gasteiger partial charge in [0, 0.05) is 18.5 Å². The SMILES string of the molecule is CSc1ccc(S(=O)(=O)N(C)CC(=O)NCCCc2ccc(C)cc2)cc1. The van der Waals surface area contributed by atoms with Gasteiger partial charge < -0.3 is 5.32 Å². The van der Waals surface area contributed by atoms with Gasteiger partial charge in [-0.1, -0.05) is 29.8 Å². The highest BCUT2D eigenvalue weighted by atomic mass is 32.2. The molecule has 0 fully saturated rings. The number of benzene rings is 2. The van der Waals surface area contributed by atoms with Gasteiger partial charge in [-0.3, -0.25) is 4.79 Å². The van der Waals surface area contributed by atoms with Gasteiger partial charge >= 0.3 is 0 Å². The second-order valence-corrected chi connectivity index (χ2v) is 9.30. The molecule has 27 heavy (non-hydrogen) atoms. The molecule has 0 atom stereocenters. The zero-order valence-corrected chi connectivity index (χ0v) is 17.6. The van der Waals surface area contributed by atoms with Crippen molar-refractivity contribution in [3.05, 3.63) is 59.7 Å². The number of aryl methyl sites for hydroxylation is 2. The summed E-state index contributed by atoms with van der Waals surface area (Å²) in [6.07, 6.45) is 3.61. The molecule has 5 nitrogen and oxygen atoms in total. The lowest BCUT2D eigenvalue weighted by molar-refractivity contribution is -0.121. The van der Waals surface area contributed by atoms with Crippen LogP contribution in [0.5, 0.6) is 0 Å². The molecular formula is C20H26N2O3S2. The van der Waals surface area contributed by atoms with Gasteiger partial charge in [0.2, 0.25) is 15.9 Å². The summed E-state index contributed by atoms with van der Waals surface area (Å²) in [5.41, 5.74) is 2.45. The highest BCUT2D eigenvalue weighted by Gasteiger charge is 2.22. The summed E-state index contributed by atoms with van der Waals surface area (Å²) < 4.78 is 26.2. The number of hydrogen-bond acceptors (Lipinski definition) is 4. The fourth-order valence-corrected chi connectivity index (χ4v) is 4.08. The minimum Gasteiger partial charge on any atom is -0.355 e. The van der Waals surface area contributed by atoms with Crippen molar-refractivity contribution in [1.82, 2.24) is 9.62 Å². The Morgan fingerprint density at radius 3 is 2.30 bits per heavy atom. The van der Waals surface area contributed by atoms with E-state index >= 15 is 0 Å². The number of carbonyl (C=O) groups excluding carboxylic acids is 1. The molecule has 0 spiro atoms. The molecule has 0 aliphatic carbocycles. The zero-order chi connectivity index (χ0) is 19.9. The van der Waals surface area contributed by atoms with Crippen molar-refractivity contribution in [2.75, 3.05) is 26.4 Å². The first-order valence-electron chi connectivity index (χ1n) is 8.75. The number of nitrogens with zero attached hydrogens (tertiary/aromatic N) is 1. The van der Waals surface area contributed by atoms with Crippen molar-refractivity contribution in [1.29, 1.82) is 0 Å². The molecule has 1 amide bonds. The van der Waals surface area contributed by atoms with E-state index in [0.717, 1.165) is 22.0 Å². The predicted octanol–water partition coefficient (Wildman–Crippen LogP) is 3.09. The van der Waals surface area contributed by atoms with Crippen LogP contribution in [0.1, 0.15) is 17.5 Å². The van der Waals surface area contributed by atoms with Crippen LogP contribution in [0.3, 0.4) is 0 Å². The van der Waals surface area contributed by atoms with Crippen molar-refractivity contribution in [2.45, 2.75) is 29.6 Å². The zero-order valence-electron chi connectivity index (χ0n) is 15.9. The molecule has 0 aliphatic heterocycles. The molecule has 0 unspecified atom stereocenters. The molecule has 0 aliphatic rings. The molecule has 0 aromatic heterocycles. The van der Waals surface area contributed by atoms with E-state index in [4.69, 9.17) is 0 Å². The highest BCUT2D eigenvalue weighted by Crippen LogP contribution is 2.19. The molecule has 146 valence electrons. The number of amides is 1. The van der Waals surface area contributed by atoms with E-state index in [-0.39, 0.29) is 17.3 Å². The summed E-state index contributed by atoms with van der Waals surface area (Å²) in [6.45, 7) is 2.37. The molecule has 0 heterocycles. The largest absolute Gasteiger partial charge is 0.355 e. The molecule has 2 aromatic carbocycles. The fraction of sp³-hybridized carbons (Fsp3) is 0.350. The van der Waals surface area contributed by atoms with Gasteiger partial charge in [-0.2, -0.15) is 4.31 Å². The number of carbonyl (C=O) groups is 1. The van der Waals surface area contributed by atoms with Gasteiger partial charge in [0.1, 0.15) is 0 Å². The Bertz CT molecular complexity index is 848. The number of nitrogens with one attached hydrogen (secondary N) is 1. The summed E-state index contributed by atoms with van der Waals surface area (Å²) >= 11 is 1.54. The van der Waals surface area contributed by atoms with Gasteiger partial charge in [0.15, 0.2) is 0 Å². The van der Waals surface area contributed by atoms with E-state index in [1.54, 1.807) is 36.0 Å². The maximum atomic E-state index is 12.5. The third-order valence-corrected chi connectivity index (χ3v) is 6.78. The van der Waals surface area contributed by atoms with E-state index in [2.05, 4.69) is 29.6 Å².